The minimum atomic E-state index is -3.54. The van der Waals surface area contributed by atoms with Gasteiger partial charge in [0.15, 0.2) is 0 Å². The second-order valence-electron chi connectivity index (χ2n) is 7.58. The van der Waals surface area contributed by atoms with Gasteiger partial charge in [-0.15, -0.1) is 10.2 Å². The fourth-order valence-corrected chi connectivity index (χ4v) is 4.42. The third-order valence-electron chi connectivity index (χ3n) is 4.58. The van der Waals surface area contributed by atoms with E-state index in [0.29, 0.717) is 29.6 Å². The van der Waals surface area contributed by atoms with Gasteiger partial charge >= 0.3 is 0 Å². The van der Waals surface area contributed by atoms with Crippen molar-refractivity contribution in [2.75, 3.05) is 20.2 Å². The first-order chi connectivity index (χ1) is 12.7. The van der Waals surface area contributed by atoms with Gasteiger partial charge in [0, 0.05) is 18.7 Å². The van der Waals surface area contributed by atoms with Gasteiger partial charge in [0.05, 0.1) is 18.6 Å². The van der Waals surface area contributed by atoms with Crippen molar-refractivity contribution in [1.82, 2.24) is 14.5 Å². The molecular formula is C19H25N3O4S. The van der Waals surface area contributed by atoms with E-state index in [1.807, 2.05) is 12.1 Å². The van der Waals surface area contributed by atoms with Crippen molar-refractivity contribution >= 4 is 10.0 Å². The molecule has 1 aliphatic heterocycles. The molecule has 1 unspecified atom stereocenters. The lowest BCUT2D eigenvalue weighted by Gasteiger charge is -2.20. The summed E-state index contributed by atoms with van der Waals surface area (Å²) in [4.78, 5) is 0.306. The molecule has 7 nitrogen and oxygen atoms in total. The number of nitrogens with zero attached hydrogens (tertiary/aromatic N) is 3. The molecule has 0 N–H and O–H groups in total. The summed E-state index contributed by atoms with van der Waals surface area (Å²) in [6, 6.07) is 10.4. The van der Waals surface area contributed by atoms with Crippen LogP contribution in [0.3, 0.4) is 0 Å². The van der Waals surface area contributed by atoms with Gasteiger partial charge in [0.25, 0.3) is 0 Å². The molecular weight excluding hydrogens is 366 g/mol. The zero-order valence-corrected chi connectivity index (χ0v) is 16.9. The van der Waals surface area contributed by atoms with Crippen LogP contribution < -0.4 is 9.47 Å². The molecule has 0 saturated carbocycles. The van der Waals surface area contributed by atoms with Gasteiger partial charge in [-0.2, -0.15) is 4.31 Å². The monoisotopic (exact) mass is 391 g/mol. The van der Waals surface area contributed by atoms with Crippen molar-refractivity contribution in [2.24, 2.45) is 0 Å². The maximum Gasteiger partial charge on any atom is 0.243 e. The van der Waals surface area contributed by atoms with Gasteiger partial charge in [-0.1, -0.05) is 32.9 Å². The van der Waals surface area contributed by atoms with Crippen LogP contribution in [0.4, 0.5) is 0 Å². The van der Waals surface area contributed by atoms with Crippen molar-refractivity contribution in [1.29, 1.82) is 0 Å². The number of aromatic nitrogens is 2. The largest absolute Gasteiger partial charge is 0.480 e. The van der Waals surface area contributed by atoms with Crippen LogP contribution in [0, 0.1) is 0 Å². The van der Waals surface area contributed by atoms with Crippen molar-refractivity contribution in [3.8, 4) is 11.8 Å². The van der Waals surface area contributed by atoms with Gasteiger partial charge in [0.1, 0.15) is 6.10 Å². The van der Waals surface area contributed by atoms with E-state index in [1.54, 1.807) is 24.3 Å². The average molecular weight is 391 g/mol. The Morgan fingerprint density at radius 1 is 1.04 bits per heavy atom. The van der Waals surface area contributed by atoms with Crippen molar-refractivity contribution in [3.05, 3.63) is 42.0 Å². The molecule has 2 aromatic rings. The lowest BCUT2D eigenvalue weighted by Crippen LogP contribution is -2.31. The Hall–Kier alpha value is -2.19. The van der Waals surface area contributed by atoms with Crippen LogP contribution in [0.15, 0.2) is 41.3 Å². The third-order valence-corrected chi connectivity index (χ3v) is 6.46. The molecule has 8 heteroatoms. The third kappa shape index (κ3) is 4.39. The minimum Gasteiger partial charge on any atom is -0.480 e. The zero-order chi connectivity index (χ0) is 19.7. The van der Waals surface area contributed by atoms with E-state index in [0.717, 1.165) is 5.56 Å². The minimum absolute atomic E-state index is 0.0196. The summed E-state index contributed by atoms with van der Waals surface area (Å²) in [7, 11) is -2.03. The van der Waals surface area contributed by atoms with E-state index >= 15 is 0 Å². The van der Waals surface area contributed by atoms with Gasteiger partial charge in [0.2, 0.25) is 21.8 Å². The molecule has 3 rings (SSSR count). The smallest absolute Gasteiger partial charge is 0.243 e. The SMILES string of the molecule is COc1ccc(OC2CCN(S(=O)(=O)c3ccc(C(C)(C)C)cc3)C2)nn1. The number of hydrogen-bond donors (Lipinski definition) is 0. The summed E-state index contributed by atoms with van der Waals surface area (Å²) >= 11 is 0. The highest BCUT2D eigenvalue weighted by atomic mass is 32.2. The molecule has 1 aromatic heterocycles. The molecule has 146 valence electrons. The zero-order valence-electron chi connectivity index (χ0n) is 16.0. The number of hydrogen-bond acceptors (Lipinski definition) is 6. The molecule has 0 radical (unpaired) electrons. The van der Waals surface area contributed by atoms with Crippen LogP contribution in [0.2, 0.25) is 0 Å². The summed E-state index contributed by atoms with van der Waals surface area (Å²) in [5.74, 6) is 0.756. The van der Waals surface area contributed by atoms with Crippen LogP contribution in [-0.2, 0) is 15.4 Å². The highest BCUT2D eigenvalue weighted by Gasteiger charge is 2.34. The lowest BCUT2D eigenvalue weighted by atomic mass is 9.87. The molecule has 1 aromatic carbocycles. The van der Waals surface area contributed by atoms with E-state index in [9.17, 15) is 8.42 Å². The van der Waals surface area contributed by atoms with Gasteiger partial charge in [-0.3, -0.25) is 0 Å². The lowest BCUT2D eigenvalue weighted by molar-refractivity contribution is 0.203. The Morgan fingerprint density at radius 3 is 2.22 bits per heavy atom. The highest BCUT2D eigenvalue weighted by molar-refractivity contribution is 7.89. The number of sulfonamides is 1. The first kappa shape index (κ1) is 19.6. The van der Waals surface area contributed by atoms with Crippen molar-refractivity contribution in [3.63, 3.8) is 0 Å². The Bertz CT molecular complexity index is 875. The van der Waals surface area contributed by atoms with Crippen LogP contribution in [0.25, 0.3) is 0 Å². The van der Waals surface area contributed by atoms with E-state index < -0.39 is 10.0 Å². The summed E-state index contributed by atoms with van der Waals surface area (Å²) in [6.07, 6.45) is 0.351. The molecule has 27 heavy (non-hydrogen) atoms. The van der Waals surface area contributed by atoms with Crippen LogP contribution >= 0.6 is 0 Å². The van der Waals surface area contributed by atoms with E-state index in [2.05, 4.69) is 31.0 Å². The predicted octanol–water partition coefficient (Wildman–Crippen LogP) is 2.62. The Balaban J connectivity index is 1.67. The molecule has 2 heterocycles. The predicted molar refractivity (Wildman–Crippen MR) is 102 cm³/mol. The first-order valence-electron chi connectivity index (χ1n) is 8.85. The number of ether oxygens (including phenoxy) is 2. The highest BCUT2D eigenvalue weighted by Crippen LogP contribution is 2.27. The first-order valence-corrected chi connectivity index (χ1v) is 10.3. The average Bonchev–Trinajstić information content (AvgIpc) is 3.11. The second-order valence-corrected chi connectivity index (χ2v) is 9.52. The molecule has 0 spiro atoms. The Kier molecular flexibility index (Phi) is 5.39. The van der Waals surface area contributed by atoms with E-state index in [4.69, 9.17) is 9.47 Å². The summed E-state index contributed by atoms with van der Waals surface area (Å²) in [5.41, 5.74) is 1.08. The summed E-state index contributed by atoms with van der Waals surface area (Å²) in [6.45, 7) is 7.00. The molecule has 1 fully saturated rings. The number of rotatable bonds is 5. The van der Waals surface area contributed by atoms with Gasteiger partial charge < -0.3 is 9.47 Å². The van der Waals surface area contributed by atoms with Gasteiger partial charge in [-0.05, 0) is 29.5 Å². The molecule has 1 saturated heterocycles. The summed E-state index contributed by atoms with van der Waals surface area (Å²) in [5, 5.41) is 7.78. The van der Waals surface area contributed by atoms with E-state index in [-0.39, 0.29) is 18.1 Å². The maximum atomic E-state index is 12.9. The quantitative estimate of drug-likeness (QED) is 0.779. The van der Waals surface area contributed by atoms with Crippen molar-refractivity contribution < 1.29 is 17.9 Å². The molecule has 1 aliphatic rings. The van der Waals surface area contributed by atoms with Crippen LogP contribution in [0.1, 0.15) is 32.8 Å². The fraction of sp³-hybridized carbons (Fsp3) is 0.474. The normalized spacial score (nSPS) is 18.4. The van der Waals surface area contributed by atoms with Gasteiger partial charge in [-0.25, -0.2) is 8.42 Å². The summed E-state index contributed by atoms with van der Waals surface area (Å²) < 4.78 is 38.0. The van der Waals surface area contributed by atoms with E-state index in [1.165, 1.54) is 11.4 Å². The molecule has 0 aliphatic carbocycles. The maximum absolute atomic E-state index is 12.9. The standard InChI is InChI=1S/C19H25N3O4S/c1-19(2,3)14-5-7-16(8-6-14)27(23,24)22-12-11-15(13-22)26-18-10-9-17(25-4)20-21-18/h5-10,15H,11-13H2,1-4H3. The molecule has 0 bridgehead atoms. The van der Waals surface area contributed by atoms with Crippen LogP contribution in [0.5, 0.6) is 11.8 Å². The van der Waals surface area contributed by atoms with Crippen LogP contribution in [-0.4, -0.2) is 49.2 Å². The van der Waals surface area contributed by atoms with Crippen molar-refractivity contribution in [2.45, 2.75) is 43.6 Å². The number of benzene rings is 1. The molecule has 0 amide bonds. The fourth-order valence-electron chi connectivity index (χ4n) is 2.94. The Morgan fingerprint density at radius 2 is 1.67 bits per heavy atom. The molecule has 1 atom stereocenters. The topological polar surface area (TPSA) is 81.6 Å². The number of methoxy groups -OCH3 is 1. The Labute approximate surface area is 160 Å². The second kappa shape index (κ2) is 7.44.